The first-order valence-corrected chi connectivity index (χ1v) is 9.34. The third kappa shape index (κ3) is 3.00. The summed E-state index contributed by atoms with van der Waals surface area (Å²) in [5.74, 6) is -0.0307. The molecule has 1 aromatic heterocycles. The second-order valence-electron chi connectivity index (χ2n) is 7.13. The van der Waals surface area contributed by atoms with Gasteiger partial charge < -0.3 is 14.9 Å². The van der Waals surface area contributed by atoms with Crippen LogP contribution >= 0.6 is 0 Å². The van der Waals surface area contributed by atoms with Gasteiger partial charge in [0, 0.05) is 31.3 Å². The van der Waals surface area contributed by atoms with E-state index in [1.165, 1.54) is 0 Å². The van der Waals surface area contributed by atoms with E-state index in [1.807, 2.05) is 19.1 Å². The van der Waals surface area contributed by atoms with Crippen molar-refractivity contribution in [2.24, 2.45) is 0 Å². The van der Waals surface area contributed by atoms with Gasteiger partial charge in [0.2, 0.25) is 11.8 Å². The predicted octanol–water partition coefficient (Wildman–Crippen LogP) is 1.66. The molecule has 2 fully saturated rings. The summed E-state index contributed by atoms with van der Waals surface area (Å²) in [6.07, 6.45) is 3.93. The van der Waals surface area contributed by atoms with Crippen molar-refractivity contribution in [1.29, 1.82) is 0 Å². The molecule has 2 amide bonds. The van der Waals surface area contributed by atoms with Crippen molar-refractivity contribution in [3.63, 3.8) is 0 Å². The van der Waals surface area contributed by atoms with Crippen LogP contribution in [0.3, 0.4) is 0 Å². The highest BCUT2D eigenvalue weighted by atomic mass is 16.3. The Morgan fingerprint density at radius 3 is 2.44 bits per heavy atom. The maximum absolute atomic E-state index is 12.5. The van der Waals surface area contributed by atoms with Gasteiger partial charge in [-0.25, -0.2) is 0 Å². The molecule has 0 radical (unpaired) electrons. The average Bonchev–Trinajstić information content (AvgIpc) is 2.70. The molecule has 0 bridgehead atoms. The number of pyridine rings is 1. The summed E-state index contributed by atoms with van der Waals surface area (Å²) in [6, 6.07) is 11.9. The number of carbonyl (C=O) groups is 2. The number of aromatic nitrogens is 1. The van der Waals surface area contributed by atoms with Gasteiger partial charge >= 0.3 is 0 Å². The van der Waals surface area contributed by atoms with Crippen molar-refractivity contribution in [3.05, 3.63) is 54.4 Å². The lowest BCUT2D eigenvalue weighted by molar-refractivity contribution is -0.166. The number of piperazine rings is 1. The van der Waals surface area contributed by atoms with Crippen LogP contribution in [0.15, 0.2) is 48.8 Å². The predicted molar refractivity (Wildman–Crippen MR) is 101 cm³/mol. The van der Waals surface area contributed by atoms with Gasteiger partial charge in [-0.3, -0.25) is 14.6 Å². The minimum absolute atomic E-state index is 0.00207. The van der Waals surface area contributed by atoms with E-state index in [0.29, 0.717) is 13.0 Å². The minimum atomic E-state index is -0.215. The molecule has 27 heavy (non-hydrogen) atoms. The summed E-state index contributed by atoms with van der Waals surface area (Å²) >= 11 is 0. The number of hydrogen-bond donors (Lipinski definition) is 1. The number of carbonyl (C=O) groups excluding carboxylic acids is 2. The molecule has 2 saturated heterocycles. The molecule has 0 saturated carbocycles. The van der Waals surface area contributed by atoms with Crippen LogP contribution in [0.5, 0.6) is 0 Å². The molecule has 0 unspecified atom stereocenters. The van der Waals surface area contributed by atoms with Gasteiger partial charge in [-0.15, -0.1) is 0 Å². The standard InChI is InChI=1S/C21H23N3O3/c1-2-19(26)23-11-17-21(18(13-25)24(17)20(27)12-23)16-5-3-14(4-6-16)15-7-9-22-10-8-15/h3-10,17-18,21,25H,2,11-13H2,1H3/t17-,18-,21+/m1/s1. The van der Waals surface area contributed by atoms with Gasteiger partial charge in [-0.05, 0) is 28.8 Å². The molecule has 1 N–H and O–H groups in total. The Morgan fingerprint density at radius 2 is 1.81 bits per heavy atom. The van der Waals surface area contributed by atoms with Crippen molar-refractivity contribution >= 4 is 11.8 Å². The second kappa shape index (κ2) is 7.12. The number of hydrogen-bond acceptors (Lipinski definition) is 4. The topological polar surface area (TPSA) is 73.7 Å². The highest BCUT2D eigenvalue weighted by Gasteiger charge is 2.54. The van der Waals surface area contributed by atoms with Gasteiger partial charge in [-0.1, -0.05) is 31.2 Å². The highest BCUT2D eigenvalue weighted by Crippen LogP contribution is 2.43. The van der Waals surface area contributed by atoms with Gasteiger partial charge in [-0.2, -0.15) is 0 Å². The number of nitrogens with zero attached hydrogens (tertiary/aromatic N) is 3. The van der Waals surface area contributed by atoms with Gasteiger partial charge in [0.15, 0.2) is 0 Å². The molecular formula is C21H23N3O3. The second-order valence-corrected chi connectivity index (χ2v) is 7.13. The smallest absolute Gasteiger partial charge is 0.242 e. The van der Waals surface area contributed by atoms with E-state index in [0.717, 1.165) is 16.7 Å². The molecule has 2 aliphatic rings. The number of rotatable bonds is 4. The zero-order valence-corrected chi connectivity index (χ0v) is 15.3. The summed E-state index contributed by atoms with van der Waals surface area (Å²) in [4.78, 5) is 32.0. The third-order valence-corrected chi connectivity index (χ3v) is 5.72. The van der Waals surface area contributed by atoms with Crippen molar-refractivity contribution in [3.8, 4) is 11.1 Å². The maximum Gasteiger partial charge on any atom is 0.242 e. The molecular weight excluding hydrogens is 342 g/mol. The van der Waals surface area contributed by atoms with Crippen molar-refractivity contribution in [2.75, 3.05) is 19.7 Å². The molecule has 0 spiro atoms. The summed E-state index contributed by atoms with van der Waals surface area (Å²) in [7, 11) is 0. The first-order chi connectivity index (χ1) is 13.1. The number of fused-ring (bicyclic) bond motifs is 1. The zero-order valence-electron chi connectivity index (χ0n) is 15.3. The molecule has 140 valence electrons. The first kappa shape index (κ1) is 17.7. The van der Waals surface area contributed by atoms with E-state index in [-0.39, 0.29) is 43.0 Å². The zero-order chi connectivity index (χ0) is 19.0. The van der Waals surface area contributed by atoms with Crippen LogP contribution in [0.1, 0.15) is 24.8 Å². The third-order valence-electron chi connectivity index (χ3n) is 5.72. The van der Waals surface area contributed by atoms with Crippen LogP contribution in [0.2, 0.25) is 0 Å². The molecule has 4 rings (SSSR count). The molecule has 2 aromatic rings. The van der Waals surface area contributed by atoms with E-state index < -0.39 is 0 Å². The summed E-state index contributed by atoms with van der Waals surface area (Å²) in [5, 5.41) is 9.85. The fraction of sp³-hybridized carbons (Fsp3) is 0.381. The van der Waals surface area contributed by atoms with E-state index in [1.54, 1.807) is 22.2 Å². The summed E-state index contributed by atoms with van der Waals surface area (Å²) < 4.78 is 0. The molecule has 6 nitrogen and oxygen atoms in total. The lowest BCUT2D eigenvalue weighted by Crippen LogP contribution is -2.73. The fourth-order valence-corrected chi connectivity index (χ4v) is 4.36. The fourth-order valence-electron chi connectivity index (χ4n) is 4.36. The van der Waals surface area contributed by atoms with E-state index >= 15 is 0 Å². The highest BCUT2D eigenvalue weighted by molar-refractivity contribution is 5.87. The Bertz CT molecular complexity index is 838. The van der Waals surface area contributed by atoms with E-state index in [9.17, 15) is 14.7 Å². The van der Waals surface area contributed by atoms with Crippen LogP contribution in [-0.4, -0.2) is 63.5 Å². The largest absolute Gasteiger partial charge is 0.394 e. The number of benzene rings is 1. The van der Waals surface area contributed by atoms with Crippen molar-refractivity contribution in [2.45, 2.75) is 31.3 Å². The molecule has 1 aromatic carbocycles. The van der Waals surface area contributed by atoms with E-state index in [4.69, 9.17) is 0 Å². The maximum atomic E-state index is 12.5. The Balaban J connectivity index is 1.58. The SMILES string of the molecule is CCC(=O)N1CC(=O)N2[C@H](CO)[C@@H](c3ccc(-c4ccncc4)cc3)[C@H]2C1. The Labute approximate surface area is 158 Å². The minimum Gasteiger partial charge on any atom is -0.394 e. The number of aliphatic hydroxyl groups excluding tert-OH is 1. The van der Waals surface area contributed by atoms with Gasteiger partial charge in [0.05, 0.1) is 25.2 Å². The summed E-state index contributed by atoms with van der Waals surface area (Å²) in [5.41, 5.74) is 3.28. The molecule has 2 aliphatic heterocycles. The lowest BCUT2D eigenvalue weighted by atomic mass is 9.73. The molecule has 0 aliphatic carbocycles. The Hall–Kier alpha value is -2.73. The van der Waals surface area contributed by atoms with E-state index in [2.05, 4.69) is 29.2 Å². The van der Waals surface area contributed by atoms with Crippen LogP contribution in [-0.2, 0) is 9.59 Å². The quantitative estimate of drug-likeness (QED) is 0.894. The Kier molecular flexibility index (Phi) is 4.66. The molecule has 6 heteroatoms. The van der Waals surface area contributed by atoms with Gasteiger partial charge in [0.25, 0.3) is 0 Å². The molecule has 3 heterocycles. The van der Waals surface area contributed by atoms with Crippen LogP contribution in [0.4, 0.5) is 0 Å². The monoisotopic (exact) mass is 365 g/mol. The molecule has 3 atom stereocenters. The first-order valence-electron chi connectivity index (χ1n) is 9.34. The Morgan fingerprint density at radius 1 is 1.15 bits per heavy atom. The summed E-state index contributed by atoms with van der Waals surface area (Å²) in [6.45, 7) is 2.39. The van der Waals surface area contributed by atoms with Crippen LogP contribution < -0.4 is 0 Å². The number of amides is 2. The van der Waals surface area contributed by atoms with Gasteiger partial charge in [0.1, 0.15) is 0 Å². The van der Waals surface area contributed by atoms with Crippen LogP contribution in [0, 0.1) is 0 Å². The number of aliphatic hydroxyl groups is 1. The van der Waals surface area contributed by atoms with Crippen LogP contribution in [0.25, 0.3) is 11.1 Å². The van der Waals surface area contributed by atoms with Crippen molar-refractivity contribution in [1.82, 2.24) is 14.8 Å². The lowest BCUT2D eigenvalue weighted by Gasteiger charge is -2.58. The van der Waals surface area contributed by atoms with Crippen molar-refractivity contribution < 1.29 is 14.7 Å². The normalized spacial score (nSPS) is 24.4. The average molecular weight is 365 g/mol.